The Kier molecular flexibility index (Phi) is 5.62. The average molecular weight is 277 g/mol. The molecule has 2 N–H and O–H groups in total. The van der Waals surface area contributed by atoms with Crippen molar-refractivity contribution in [2.45, 2.75) is 38.8 Å². The van der Waals surface area contributed by atoms with Crippen molar-refractivity contribution >= 4 is 0 Å². The largest absolute Gasteiger partial charge is 0.573 e. The van der Waals surface area contributed by atoms with Gasteiger partial charge in [-0.05, 0) is 38.0 Å². The highest BCUT2D eigenvalue weighted by molar-refractivity contribution is 5.27. The molecule has 0 aromatic heterocycles. The maximum absolute atomic E-state index is 12.0. The van der Waals surface area contributed by atoms with Crippen LogP contribution in [0.2, 0.25) is 0 Å². The van der Waals surface area contributed by atoms with Crippen LogP contribution in [-0.2, 0) is 11.2 Å². The van der Waals surface area contributed by atoms with Crippen molar-refractivity contribution in [3.63, 3.8) is 0 Å². The van der Waals surface area contributed by atoms with E-state index in [0.29, 0.717) is 13.0 Å². The second kappa shape index (κ2) is 6.77. The van der Waals surface area contributed by atoms with Crippen molar-refractivity contribution < 1.29 is 22.6 Å². The average Bonchev–Trinajstić information content (AvgIpc) is 2.27. The molecule has 0 aliphatic heterocycles. The second-order valence-corrected chi connectivity index (χ2v) is 4.54. The monoisotopic (exact) mass is 277 g/mol. The summed E-state index contributed by atoms with van der Waals surface area (Å²) in [5, 5.41) is 0. The Bertz CT molecular complexity index is 376. The van der Waals surface area contributed by atoms with Crippen LogP contribution in [0.3, 0.4) is 0 Å². The van der Waals surface area contributed by atoms with E-state index in [1.54, 1.807) is 12.1 Å². The lowest BCUT2D eigenvalue weighted by Crippen LogP contribution is -2.30. The Morgan fingerprint density at radius 2 is 1.74 bits per heavy atom. The first-order valence-corrected chi connectivity index (χ1v) is 5.98. The first-order chi connectivity index (χ1) is 8.76. The van der Waals surface area contributed by atoms with E-state index in [9.17, 15) is 13.2 Å². The lowest BCUT2D eigenvalue weighted by molar-refractivity contribution is -0.274. The fourth-order valence-corrected chi connectivity index (χ4v) is 1.50. The molecule has 0 aliphatic carbocycles. The molecule has 1 unspecified atom stereocenters. The van der Waals surface area contributed by atoms with E-state index in [1.807, 2.05) is 13.8 Å². The Balaban J connectivity index is 2.48. The second-order valence-electron chi connectivity index (χ2n) is 4.54. The number of nitrogens with two attached hydrogens (primary N) is 1. The predicted molar refractivity (Wildman–Crippen MR) is 65.9 cm³/mol. The van der Waals surface area contributed by atoms with Crippen LogP contribution in [0.5, 0.6) is 5.75 Å². The summed E-state index contributed by atoms with van der Waals surface area (Å²) < 4.78 is 45.1. The molecule has 0 amide bonds. The number of hydrogen-bond acceptors (Lipinski definition) is 3. The molecule has 1 rings (SSSR count). The Morgan fingerprint density at radius 1 is 1.16 bits per heavy atom. The molecule has 6 heteroatoms. The van der Waals surface area contributed by atoms with Crippen LogP contribution in [-0.4, -0.2) is 25.1 Å². The van der Waals surface area contributed by atoms with Crippen molar-refractivity contribution in [3.05, 3.63) is 29.8 Å². The molecule has 108 valence electrons. The molecular weight excluding hydrogens is 259 g/mol. The van der Waals surface area contributed by atoms with Gasteiger partial charge in [0.25, 0.3) is 0 Å². The maximum atomic E-state index is 12.0. The molecule has 0 heterocycles. The Labute approximate surface area is 110 Å². The van der Waals surface area contributed by atoms with Gasteiger partial charge in [0.15, 0.2) is 0 Å². The lowest BCUT2D eigenvalue weighted by Gasteiger charge is -2.15. The summed E-state index contributed by atoms with van der Waals surface area (Å²) in [4.78, 5) is 0. The summed E-state index contributed by atoms with van der Waals surface area (Å²) in [6.45, 7) is 4.24. The highest BCUT2D eigenvalue weighted by atomic mass is 19.4. The van der Waals surface area contributed by atoms with Gasteiger partial charge in [-0.1, -0.05) is 12.1 Å². The molecule has 3 nitrogen and oxygen atoms in total. The van der Waals surface area contributed by atoms with Crippen molar-refractivity contribution in [1.82, 2.24) is 0 Å². The van der Waals surface area contributed by atoms with Crippen LogP contribution >= 0.6 is 0 Å². The predicted octanol–water partition coefficient (Wildman–Crippen LogP) is 2.88. The normalized spacial score (nSPS) is 13.6. The van der Waals surface area contributed by atoms with Crippen molar-refractivity contribution in [3.8, 4) is 5.75 Å². The van der Waals surface area contributed by atoms with E-state index in [0.717, 1.165) is 5.56 Å². The van der Waals surface area contributed by atoms with Crippen LogP contribution in [0.25, 0.3) is 0 Å². The van der Waals surface area contributed by atoms with Gasteiger partial charge in [0, 0.05) is 6.04 Å². The third-order valence-corrected chi connectivity index (χ3v) is 2.30. The lowest BCUT2D eigenvalue weighted by atomic mass is 10.1. The summed E-state index contributed by atoms with van der Waals surface area (Å²) in [5.74, 6) is -0.233. The van der Waals surface area contributed by atoms with Crippen LogP contribution in [0, 0.1) is 0 Å². The summed E-state index contributed by atoms with van der Waals surface area (Å²) in [6, 6.07) is 5.50. The number of hydrogen-bond donors (Lipinski definition) is 1. The van der Waals surface area contributed by atoms with Gasteiger partial charge in [0.2, 0.25) is 0 Å². The minimum absolute atomic E-state index is 0.105. The smallest absolute Gasteiger partial charge is 0.406 e. The third-order valence-electron chi connectivity index (χ3n) is 2.30. The van der Waals surface area contributed by atoms with Gasteiger partial charge >= 0.3 is 6.36 Å². The van der Waals surface area contributed by atoms with Crippen molar-refractivity contribution in [2.75, 3.05) is 6.61 Å². The van der Waals surface area contributed by atoms with Gasteiger partial charge in [0.05, 0.1) is 12.7 Å². The molecule has 1 aromatic rings. The summed E-state index contributed by atoms with van der Waals surface area (Å²) in [6.07, 6.45) is -4.02. The van der Waals surface area contributed by atoms with Crippen LogP contribution < -0.4 is 10.5 Å². The van der Waals surface area contributed by atoms with Gasteiger partial charge in [0.1, 0.15) is 5.75 Å². The van der Waals surface area contributed by atoms with Gasteiger partial charge in [-0.15, -0.1) is 13.2 Å². The van der Waals surface area contributed by atoms with E-state index in [2.05, 4.69) is 4.74 Å². The molecule has 1 atom stereocenters. The highest BCUT2D eigenvalue weighted by Crippen LogP contribution is 2.22. The van der Waals surface area contributed by atoms with E-state index >= 15 is 0 Å². The number of ether oxygens (including phenoxy) is 2. The SMILES string of the molecule is CC(C)OCC(N)Cc1ccc(OC(F)(F)F)cc1. The van der Waals surface area contributed by atoms with Crippen molar-refractivity contribution in [1.29, 1.82) is 0 Å². The van der Waals surface area contributed by atoms with Gasteiger partial charge in [-0.2, -0.15) is 0 Å². The van der Waals surface area contributed by atoms with E-state index in [-0.39, 0.29) is 17.9 Å². The molecule has 19 heavy (non-hydrogen) atoms. The fourth-order valence-electron chi connectivity index (χ4n) is 1.50. The van der Waals surface area contributed by atoms with Gasteiger partial charge in [-0.3, -0.25) is 0 Å². The molecule has 0 fully saturated rings. The molecule has 0 radical (unpaired) electrons. The number of rotatable bonds is 6. The first kappa shape index (κ1) is 15.8. The standard InChI is InChI=1S/C13H18F3NO2/c1-9(2)18-8-11(17)7-10-3-5-12(6-4-10)19-13(14,15)16/h3-6,9,11H,7-8,17H2,1-2H3. The topological polar surface area (TPSA) is 44.5 Å². The molecule has 1 aromatic carbocycles. The first-order valence-electron chi connectivity index (χ1n) is 5.98. The zero-order valence-corrected chi connectivity index (χ0v) is 10.9. The highest BCUT2D eigenvalue weighted by Gasteiger charge is 2.30. The molecule has 0 aliphatic rings. The summed E-state index contributed by atoms with van der Waals surface area (Å²) >= 11 is 0. The van der Waals surface area contributed by atoms with Gasteiger partial charge < -0.3 is 15.2 Å². The van der Waals surface area contributed by atoms with E-state index in [1.165, 1.54) is 12.1 Å². The minimum Gasteiger partial charge on any atom is -0.406 e. The van der Waals surface area contributed by atoms with Crippen molar-refractivity contribution in [2.24, 2.45) is 5.73 Å². The zero-order chi connectivity index (χ0) is 14.5. The summed E-state index contributed by atoms with van der Waals surface area (Å²) in [7, 11) is 0. The van der Waals surface area contributed by atoms with E-state index in [4.69, 9.17) is 10.5 Å². The molecule has 0 bridgehead atoms. The van der Waals surface area contributed by atoms with Crippen LogP contribution in [0.1, 0.15) is 19.4 Å². The number of halogens is 3. The third kappa shape index (κ3) is 7.03. The fraction of sp³-hybridized carbons (Fsp3) is 0.538. The summed E-state index contributed by atoms with van der Waals surface area (Å²) in [5.41, 5.74) is 6.70. The van der Waals surface area contributed by atoms with Crippen LogP contribution in [0.4, 0.5) is 13.2 Å². The van der Waals surface area contributed by atoms with Crippen LogP contribution in [0.15, 0.2) is 24.3 Å². The minimum atomic E-state index is -4.66. The quantitative estimate of drug-likeness (QED) is 0.869. The molecule has 0 spiro atoms. The zero-order valence-electron chi connectivity index (χ0n) is 10.9. The number of benzene rings is 1. The Morgan fingerprint density at radius 3 is 2.21 bits per heavy atom. The number of alkyl halides is 3. The molecule has 0 saturated heterocycles. The Hall–Kier alpha value is -1.27. The van der Waals surface area contributed by atoms with Gasteiger partial charge in [-0.25, -0.2) is 0 Å². The van der Waals surface area contributed by atoms with E-state index < -0.39 is 6.36 Å². The molecular formula is C13H18F3NO2. The maximum Gasteiger partial charge on any atom is 0.573 e. The molecule has 0 saturated carbocycles.